The van der Waals surface area contributed by atoms with Crippen LogP contribution in [-0.4, -0.2) is 47.9 Å². The molecule has 1 N–H and O–H groups in total. The number of thiophene rings is 1. The first-order valence-electron chi connectivity index (χ1n) is 10.7. The Hall–Kier alpha value is -1.78. The van der Waals surface area contributed by atoms with Crippen LogP contribution in [-0.2, 0) is 14.8 Å². The van der Waals surface area contributed by atoms with Gasteiger partial charge in [-0.15, -0.1) is 11.3 Å². The maximum absolute atomic E-state index is 13.3. The van der Waals surface area contributed by atoms with Gasteiger partial charge in [0.1, 0.15) is 0 Å². The lowest BCUT2D eigenvalue weighted by Crippen LogP contribution is -2.43. The molecule has 30 heavy (non-hydrogen) atoms. The second kappa shape index (κ2) is 7.72. The summed E-state index contributed by atoms with van der Waals surface area (Å²) in [6.45, 7) is 2.54. The molecular weight excluding hydrogens is 424 g/mol. The van der Waals surface area contributed by atoms with E-state index in [4.69, 9.17) is 4.52 Å². The van der Waals surface area contributed by atoms with Crippen LogP contribution in [0.15, 0.2) is 15.5 Å². The highest BCUT2D eigenvalue weighted by Gasteiger charge is 2.35. The monoisotopic (exact) mass is 450 g/mol. The van der Waals surface area contributed by atoms with Gasteiger partial charge >= 0.3 is 0 Å². The number of piperidine rings is 1. The summed E-state index contributed by atoms with van der Waals surface area (Å²) in [6.07, 6.45) is 6.55. The number of nitrogens with zero attached hydrogens (tertiary/aromatic N) is 3. The van der Waals surface area contributed by atoms with E-state index in [9.17, 15) is 13.2 Å². The Kier molecular flexibility index (Phi) is 5.19. The zero-order valence-electron chi connectivity index (χ0n) is 17.0. The highest BCUT2D eigenvalue weighted by molar-refractivity contribution is 7.89. The summed E-state index contributed by atoms with van der Waals surface area (Å²) in [7, 11) is -3.62. The van der Waals surface area contributed by atoms with Gasteiger partial charge in [-0.1, -0.05) is 11.6 Å². The van der Waals surface area contributed by atoms with Crippen molar-refractivity contribution in [3.63, 3.8) is 0 Å². The molecule has 2 aliphatic carbocycles. The minimum atomic E-state index is -3.62. The number of hydrogen-bond acceptors (Lipinski definition) is 7. The van der Waals surface area contributed by atoms with Crippen LogP contribution in [0.25, 0.3) is 10.7 Å². The lowest BCUT2D eigenvalue weighted by atomic mass is 9.85. The Labute approximate surface area is 180 Å². The molecule has 2 saturated carbocycles. The van der Waals surface area contributed by atoms with Gasteiger partial charge in [0, 0.05) is 35.8 Å². The fourth-order valence-electron chi connectivity index (χ4n) is 4.03. The Morgan fingerprint density at radius 3 is 2.57 bits per heavy atom. The zero-order valence-corrected chi connectivity index (χ0v) is 18.6. The van der Waals surface area contributed by atoms with E-state index < -0.39 is 10.0 Å². The molecule has 0 bridgehead atoms. The zero-order chi connectivity index (χ0) is 20.9. The lowest BCUT2D eigenvalue weighted by Gasteiger charge is -2.30. The molecule has 0 atom stereocenters. The van der Waals surface area contributed by atoms with E-state index in [-0.39, 0.29) is 11.8 Å². The molecule has 0 unspecified atom stereocenters. The van der Waals surface area contributed by atoms with Crippen molar-refractivity contribution in [1.82, 2.24) is 19.8 Å². The third-order valence-electron chi connectivity index (χ3n) is 6.36. The number of rotatable bonds is 6. The Balaban J connectivity index is 1.29. The second-order valence-corrected chi connectivity index (χ2v) is 11.7. The number of hydrogen-bond donors (Lipinski definition) is 1. The molecule has 3 aliphatic rings. The molecule has 10 heteroatoms. The van der Waals surface area contributed by atoms with E-state index in [1.807, 2.05) is 6.92 Å². The van der Waals surface area contributed by atoms with Gasteiger partial charge in [-0.25, -0.2) is 8.42 Å². The van der Waals surface area contributed by atoms with Crippen LogP contribution >= 0.6 is 11.3 Å². The molecule has 3 heterocycles. The number of sulfonamides is 1. The van der Waals surface area contributed by atoms with Crippen molar-refractivity contribution in [3.8, 4) is 10.7 Å². The third kappa shape index (κ3) is 3.80. The summed E-state index contributed by atoms with van der Waals surface area (Å²) in [6, 6.07) is 2.00. The molecule has 0 radical (unpaired) electrons. The molecule has 5 rings (SSSR count). The first-order chi connectivity index (χ1) is 14.4. The van der Waals surface area contributed by atoms with Crippen LogP contribution in [0, 0.1) is 12.8 Å². The van der Waals surface area contributed by atoms with Gasteiger partial charge in [0.15, 0.2) is 0 Å². The Morgan fingerprint density at radius 2 is 1.93 bits per heavy atom. The van der Waals surface area contributed by atoms with Crippen LogP contribution in [0.1, 0.15) is 61.6 Å². The molecule has 2 aromatic heterocycles. The summed E-state index contributed by atoms with van der Waals surface area (Å²) in [5.74, 6) is 1.43. The van der Waals surface area contributed by atoms with Crippen molar-refractivity contribution in [2.75, 3.05) is 13.1 Å². The van der Waals surface area contributed by atoms with Crippen molar-refractivity contribution in [2.24, 2.45) is 5.92 Å². The van der Waals surface area contributed by atoms with Crippen LogP contribution in [0.5, 0.6) is 0 Å². The number of amides is 1. The van der Waals surface area contributed by atoms with Crippen LogP contribution in [0.2, 0.25) is 0 Å². The van der Waals surface area contributed by atoms with Gasteiger partial charge in [-0.3, -0.25) is 4.79 Å². The first kappa shape index (κ1) is 20.1. The molecule has 1 aliphatic heterocycles. The largest absolute Gasteiger partial charge is 0.353 e. The van der Waals surface area contributed by atoms with Crippen molar-refractivity contribution in [2.45, 2.75) is 68.7 Å². The third-order valence-corrected chi connectivity index (χ3v) is 9.56. The van der Waals surface area contributed by atoms with Crippen LogP contribution < -0.4 is 5.32 Å². The van der Waals surface area contributed by atoms with Crippen molar-refractivity contribution in [3.05, 3.63) is 16.8 Å². The SMILES string of the molecule is Cc1sc(-c2noc(C3CCC3)n2)cc1S(=O)(=O)N1CCC(C(=O)NC2CC2)CC1. The number of aromatic nitrogens is 2. The molecule has 8 nitrogen and oxygen atoms in total. The minimum Gasteiger partial charge on any atom is -0.353 e. The summed E-state index contributed by atoms with van der Waals surface area (Å²) in [4.78, 5) is 18.5. The fourth-order valence-corrected chi connectivity index (χ4v) is 6.99. The van der Waals surface area contributed by atoms with E-state index in [1.165, 1.54) is 22.1 Å². The fraction of sp³-hybridized carbons (Fsp3) is 0.650. The van der Waals surface area contributed by atoms with E-state index in [0.717, 1.165) is 25.7 Å². The highest BCUT2D eigenvalue weighted by atomic mass is 32.2. The van der Waals surface area contributed by atoms with Crippen molar-refractivity contribution >= 4 is 27.3 Å². The van der Waals surface area contributed by atoms with Gasteiger partial charge in [-0.05, 0) is 51.5 Å². The molecule has 162 valence electrons. The van der Waals surface area contributed by atoms with Gasteiger partial charge in [0.25, 0.3) is 0 Å². The number of nitrogens with one attached hydrogen (secondary N) is 1. The van der Waals surface area contributed by atoms with Crippen LogP contribution in [0.3, 0.4) is 0 Å². The number of carbonyl (C=O) groups is 1. The van der Waals surface area contributed by atoms with Crippen molar-refractivity contribution in [1.29, 1.82) is 0 Å². The van der Waals surface area contributed by atoms with E-state index in [1.54, 1.807) is 6.07 Å². The smallest absolute Gasteiger partial charge is 0.244 e. The highest BCUT2D eigenvalue weighted by Crippen LogP contribution is 2.38. The average Bonchev–Trinajstić information content (AvgIpc) is 3.21. The predicted molar refractivity (Wildman–Crippen MR) is 112 cm³/mol. The summed E-state index contributed by atoms with van der Waals surface area (Å²) < 4.78 is 33.4. The molecule has 1 saturated heterocycles. The quantitative estimate of drug-likeness (QED) is 0.725. The number of carbonyl (C=O) groups excluding carboxylic acids is 1. The van der Waals surface area contributed by atoms with E-state index in [2.05, 4.69) is 15.5 Å². The molecule has 1 amide bonds. The average molecular weight is 451 g/mol. The number of aryl methyl sites for hydroxylation is 1. The molecule has 0 aromatic carbocycles. The molecule has 3 fully saturated rings. The predicted octanol–water partition coefficient (Wildman–Crippen LogP) is 3.05. The summed E-state index contributed by atoms with van der Waals surface area (Å²) in [5.41, 5.74) is 0. The normalized spacial score (nSPS) is 21.5. The molecule has 2 aromatic rings. The van der Waals surface area contributed by atoms with Gasteiger partial charge in [-0.2, -0.15) is 9.29 Å². The molecule has 0 spiro atoms. The van der Waals surface area contributed by atoms with Gasteiger partial charge in [0.05, 0.1) is 9.77 Å². The Morgan fingerprint density at radius 1 is 1.20 bits per heavy atom. The summed E-state index contributed by atoms with van der Waals surface area (Å²) in [5, 5.41) is 7.10. The first-order valence-corrected chi connectivity index (χ1v) is 12.9. The van der Waals surface area contributed by atoms with Gasteiger partial charge in [0.2, 0.25) is 27.6 Å². The van der Waals surface area contributed by atoms with Crippen molar-refractivity contribution < 1.29 is 17.7 Å². The standard InChI is InChI=1S/C20H26N4O4S2/c1-12-17(11-16(29-12)18-22-20(28-23-18)14-3-2-4-14)30(26,27)24-9-7-13(8-10-24)19(25)21-15-5-6-15/h11,13-15H,2-10H2,1H3,(H,21,25). The maximum Gasteiger partial charge on any atom is 0.244 e. The minimum absolute atomic E-state index is 0.0721. The molecular formula is C20H26N4O4S2. The van der Waals surface area contributed by atoms with Gasteiger partial charge < -0.3 is 9.84 Å². The lowest BCUT2D eigenvalue weighted by molar-refractivity contribution is -0.126. The van der Waals surface area contributed by atoms with E-state index >= 15 is 0 Å². The second-order valence-electron chi connectivity index (χ2n) is 8.58. The van der Waals surface area contributed by atoms with Crippen LogP contribution in [0.4, 0.5) is 0 Å². The Bertz CT molecular complexity index is 1040. The topological polar surface area (TPSA) is 105 Å². The van der Waals surface area contributed by atoms with E-state index in [0.29, 0.717) is 64.3 Å². The maximum atomic E-state index is 13.3. The summed E-state index contributed by atoms with van der Waals surface area (Å²) >= 11 is 1.37.